The van der Waals surface area contributed by atoms with Gasteiger partial charge in [-0.3, -0.25) is 14.8 Å². The molecular formula is C20H27N3O2. The van der Waals surface area contributed by atoms with Gasteiger partial charge < -0.3 is 9.15 Å². The summed E-state index contributed by atoms with van der Waals surface area (Å²) in [4.78, 5) is 9.27. The third-order valence-corrected chi connectivity index (χ3v) is 5.21. The van der Waals surface area contributed by atoms with Crippen LogP contribution in [-0.4, -0.2) is 60.7 Å². The summed E-state index contributed by atoms with van der Waals surface area (Å²) in [5, 5.41) is 0. The molecule has 2 saturated heterocycles. The van der Waals surface area contributed by atoms with E-state index in [1.165, 1.54) is 32.5 Å². The number of pyridine rings is 1. The third-order valence-electron chi connectivity index (χ3n) is 5.21. The van der Waals surface area contributed by atoms with Crippen LogP contribution in [0.25, 0.3) is 11.3 Å². The fourth-order valence-corrected chi connectivity index (χ4v) is 3.94. The predicted octanol–water partition coefficient (Wildman–Crippen LogP) is 2.89. The van der Waals surface area contributed by atoms with Crippen LogP contribution < -0.4 is 0 Å². The molecule has 25 heavy (non-hydrogen) atoms. The number of rotatable bonds is 5. The van der Waals surface area contributed by atoms with Crippen molar-refractivity contribution in [2.45, 2.75) is 19.4 Å². The lowest BCUT2D eigenvalue weighted by Crippen LogP contribution is -2.44. The Morgan fingerprint density at radius 2 is 2.00 bits per heavy atom. The Hall–Kier alpha value is -1.69. The van der Waals surface area contributed by atoms with Crippen molar-refractivity contribution < 1.29 is 9.15 Å². The second-order valence-corrected chi connectivity index (χ2v) is 7.16. The van der Waals surface area contributed by atoms with Gasteiger partial charge in [0.05, 0.1) is 19.8 Å². The monoisotopic (exact) mass is 341 g/mol. The van der Waals surface area contributed by atoms with Crippen molar-refractivity contribution in [2.75, 3.05) is 45.9 Å². The summed E-state index contributed by atoms with van der Waals surface area (Å²) in [6.45, 7) is 8.40. The van der Waals surface area contributed by atoms with Gasteiger partial charge in [-0.15, -0.1) is 0 Å². The topological polar surface area (TPSA) is 41.7 Å². The van der Waals surface area contributed by atoms with Crippen LogP contribution in [0.1, 0.15) is 18.6 Å². The van der Waals surface area contributed by atoms with Crippen LogP contribution in [0, 0.1) is 5.92 Å². The highest BCUT2D eigenvalue weighted by Gasteiger charge is 2.23. The maximum atomic E-state index is 6.05. The molecule has 2 aliphatic rings. The molecule has 4 rings (SSSR count). The molecule has 2 aliphatic heterocycles. The van der Waals surface area contributed by atoms with Gasteiger partial charge in [0.25, 0.3) is 0 Å². The molecule has 4 heterocycles. The lowest BCUT2D eigenvalue weighted by Gasteiger charge is -2.36. The van der Waals surface area contributed by atoms with E-state index in [2.05, 4.69) is 26.9 Å². The number of morpholine rings is 1. The zero-order valence-corrected chi connectivity index (χ0v) is 14.8. The molecule has 5 nitrogen and oxygen atoms in total. The van der Waals surface area contributed by atoms with Crippen LogP contribution in [0.5, 0.6) is 0 Å². The van der Waals surface area contributed by atoms with Crippen molar-refractivity contribution in [1.82, 2.24) is 14.8 Å². The van der Waals surface area contributed by atoms with Gasteiger partial charge in [-0.1, -0.05) is 0 Å². The number of hydrogen-bond acceptors (Lipinski definition) is 5. The molecule has 2 fully saturated rings. The van der Waals surface area contributed by atoms with E-state index in [1.807, 2.05) is 18.3 Å². The SMILES string of the molecule is c1cncc(-c2ccc(CN3CCC[C@@H](CN4CCOCC4)C3)o2)c1. The van der Waals surface area contributed by atoms with E-state index in [4.69, 9.17) is 9.15 Å². The van der Waals surface area contributed by atoms with Gasteiger partial charge in [0, 0.05) is 44.1 Å². The van der Waals surface area contributed by atoms with E-state index in [-0.39, 0.29) is 0 Å². The summed E-state index contributed by atoms with van der Waals surface area (Å²) < 4.78 is 11.5. The molecule has 0 radical (unpaired) electrons. The molecule has 0 spiro atoms. The molecule has 5 heteroatoms. The van der Waals surface area contributed by atoms with E-state index in [1.54, 1.807) is 6.20 Å². The van der Waals surface area contributed by atoms with Gasteiger partial charge in [-0.25, -0.2) is 0 Å². The highest BCUT2D eigenvalue weighted by molar-refractivity contribution is 5.55. The zero-order valence-electron chi connectivity index (χ0n) is 14.8. The number of hydrogen-bond donors (Lipinski definition) is 0. The normalized spacial score (nSPS) is 23.0. The molecular weight excluding hydrogens is 314 g/mol. The fraction of sp³-hybridized carbons (Fsp3) is 0.550. The van der Waals surface area contributed by atoms with Gasteiger partial charge in [-0.2, -0.15) is 0 Å². The Bertz CT molecular complexity index is 652. The molecule has 1 atom stereocenters. The summed E-state index contributed by atoms with van der Waals surface area (Å²) in [6.07, 6.45) is 6.26. The first kappa shape index (κ1) is 16.8. The highest BCUT2D eigenvalue weighted by atomic mass is 16.5. The van der Waals surface area contributed by atoms with Gasteiger partial charge in [0.2, 0.25) is 0 Å². The molecule has 0 bridgehead atoms. The van der Waals surface area contributed by atoms with E-state index in [9.17, 15) is 0 Å². The van der Waals surface area contributed by atoms with Crippen LogP contribution in [0.4, 0.5) is 0 Å². The number of furan rings is 1. The van der Waals surface area contributed by atoms with Gasteiger partial charge >= 0.3 is 0 Å². The quantitative estimate of drug-likeness (QED) is 0.836. The minimum absolute atomic E-state index is 0.764. The van der Waals surface area contributed by atoms with Gasteiger partial charge in [0.15, 0.2) is 0 Å². The Labute approximate surface area is 149 Å². The first-order valence-electron chi connectivity index (χ1n) is 9.38. The fourth-order valence-electron chi connectivity index (χ4n) is 3.94. The van der Waals surface area contributed by atoms with E-state index >= 15 is 0 Å². The average Bonchev–Trinajstić information content (AvgIpc) is 3.12. The van der Waals surface area contributed by atoms with Gasteiger partial charge in [0.1, 0.15) is 11.5 Å². The zero-order chi connectivity index (χ0) is 16.9. The maximum absolute atomic E-state index is 6.05. The van der Waals surface area contributed by atoms with Gasteiger partial charge in [-0.05, 0) is 49.6 Å². The molecule has 0 amide bonds. The van der Waals surface area contributed by atoms with Crippen LogP contribution in [0.15, 0.2) is 41.1 Å². The van der Waals surface area contributed by atoms with Crippen molar-refractivity contribution in [3.63, 3.8) is 0 Å². The second kappa shape index (κ2) is 8.13. The molecule has 0 unspecified atom stereocenters. The number of ether oxygens (including phenoxy) is 1. The minimum atomic E-state index is 0.764. The third kappa shape index (κ3) is 4.48. The summed E-state index contributed by atoms with van der Waals surface area (Å²) in [5.74, 6) is 2.72. The standard InChI is InChI=1S/C20H27N3O2/c1-4-18(13-21-7-1)20-6-5-19(25-20)16-23-8-2-3-17(15-23)14-22-9-11-24-12-10-22/h1,4-7,13,17H,2-3,8-12,14-16H2/t17-/m0/s1. The largest absolute Gasteiger partial charge is 0.460 e. The summed E-state index contributed by atoms with van der Waals surface area (Å²) in [7, 11) is 0. The van der Waals surface area contributed by atoms with Crippen LogP contribution in [-0.2, 0) is 11.3 Å². The Morgan fingerprint density at radius 1 is 1.08 bits per heavy atom. The van der Waals surface area contributed by atoms with Crippen LogP contribution in [0.3, 0.4) is 0 Å². The molecule has 2 aromatic heterocycles. The summed E-state index contributed by atoms with van der Waals surface area (Å²) in [6, 6.07) is 8.14. The lowest BCUT2D eigenvalue weighted by atomic mass is 9.97. The van der Waals surface area contributed by atoms with E-state index in [0.29, 0.717) is 0 Å². The first-order valence-corrected chi connectivity index (χ1v) is 9.38. The van der Waals surface area contributed by atoms with Crippen molar-refractivity contribution in [2.24, 2.45) is 5.92 Å². The van der Waals surface area contributed by atoms with E-state index < -0.39 is 0 Å². The Balaban J connectivity index is 1.32. The maximum Gasteiger partial charge on any atom is 0.135 e. The highest BCUT2D eigenvalue weighted by Crippen LogP contribution is 2.24. The molecule has 2 aromatic rings. The molecule has 0 saturated carbocycles. The number of aromatic nitrogens is 1. The summed E-state index contributed by atoms with van der Waals surface area (Å²) in [5.41, 5.74) is 1.04. The number of likely N-dealkylation sites (tertiary alicyclic amines) is 1. The Kier molecular flexibility index (Phi) is 5.45. The van der Waals surface area contributed by atoms with Crippen molar-refractivity contribution in [3.05, 3.63) is 42.4 Å². The summed E-state index contributed by atoms with van der Waals surface area (Å²) >= 11 is 0. The van der Waals surface area contributed by atoms with E-state index in [0.717, 1.165) is 55.8 Å². The van der Waals surface area contributed by atoms with Crippen LogP contribution >= 0.6 is 0 Å². The molecule has 0 aliphatic carbocycles. The average molecular weight is 341 g/mol. The van der Waals surface area contributed by atoms with Crippen LogP contribution in [0.2, 0.25) is 0 Å². The number of piperidine rings is 1. The minimum Gasteiger partial charge on any atom is -0.460 e. The molecule has 0 N–H and O–H groups in total. The van der Waals surface area contributed by atoms with Crippen molar-refractivity contribution >= 4 is 0 Å². The first-order chi connectivity index (χ1) is 12.4. The van der Waals surface area contributed by atoms with Crippen molar-refractivity contribution in [1.29, 1.82) is 0 Å². The predicted molar refractivity (Wildman–Crippen MR) is 97.2 cm³/mol. The molecule has 134 valence electrons. The smallest absolute Gasteiger partial charge is 0.135 e. The molecule has 0 aromatic carbocycles. The lowest BCUT2D eigenvalue weighted by molar-refractivity contribution is 0.0220. The number of nitrogens with zero attached hydrogens (tertiary/aromatic N) is 3. The van der Waals surface area contributed by atoms with Crippen molar-refractivity contribution in [3.8, 4) is 11.3 Å². The Morgan fingerprint density at radius 3 is 2.84 bits per heavy atom. The second-order valence-electron chi connectivity index (χ2n) is 7.16.